The lowest BCUT2D eigenvalue weighted by molar-refractivity contribution is 0.365. The average Bonchev–Trinajstić information content (AvgIpc) is 2.86. The van der Waals surface area contributed by atoms with E-state index >= 15 is 0 Å². The van der Waals surface area contributed by atoms with E-state index < -0.39 is 0 Å². The van der Waals surface area contributed by atoms with Crippen LogP contribution in [0.15, 0.2) is 109 Å². The summed E-state index contributed by atoms with van der Waals surface area (Å²) >= 11 is 0. The van der Waals surface area contributed by atoms with Crippen molar-refractivity contribution in [1.29, 1.82) is 0 Å². The van der Waals surface area contributed by atoms with Crippen molar-refractivity contribution in [3.05, 3.63) is 137 Å². The van der Waals surface area contributed by atoms with Gasteiger partial charge in [0.1, 0.15) is 0 Å². The Morgan fingerprint density at radius 2 is 1.61 bits per heavy atom. The molecule has 0 aliphatic rings. The maximum atomic E-state index is 4.21. The molecule has 0 bridgehead atoms. The molecular weight excluding hydrogens is 434 g/mol. The molecule has 0 saturated heterocycles. The van der Waals surface area contributed by atoms with E-state index in [1.807, 2.05) is 13.8 Å². The minimum atomic E-state index is 0.0392. The van der Waals surface area contributed by atoms with Crippen molar-refractivity contribution in [2.24, 2.45) is 0 Å². The zero-order valence-electron chi connectivity index (χ0n) is 22.3. The van der Waals surface area contributed by atoms with Crippen molar-refractivity contribution < 1.29 is 0 Å². The second kappa shape index (κ2) is 12.6. The molecule has 0 N–H and O–H groups in total. The van der Waals surface area contributed by atoms with Crippen LogP contribution in [0.5, 0.6) is 0 Å². The Bertz CT molecular complexity index is 1340. The summed E-state index contributed by atoms with van der Waals surface area (Å²) in [6.07, 6.45) is 9.50. The Morgan fingerprint density at radius 3 is 2.28 bits per heavy atom. The molecule has 0 amide bonds. The molecular formula is C35H37N. The predicted molar refractivity (Wildman–Crippen MR) is 158 cm³/mol. The highest BCUT2D eigenvalue weighted by Gasteiger charge is 2.21. The molecule has 36 heavy (non-hydrogen) atoms. The molecule has 3 rings (SSSR count). The van der Waals surface area contributed by atoms with Gasteiger partial charge >= 0.3 is 0 Å². The van der Waals surface area contributed by atoms with Gasteiger partial charge in [-0.15, -0.1) is 0 Å². The van der Waals surface area contributed by atoms with Gasteiger partial charge < -0.3 is 4.90 Å². The summed E-state index contributed by atoms with van der Waals surface area (Å²) in [5, 5.41) is 0. The van der Waals surface area contributed by atoms with Crippen LogP contribution in [0.2, 0.25) is 0 Å². The van der Waals surface area contributed by atoms with Gasteiger partial charge in [0.15, 0.2) is 0 Å². The van der Waals surface area contributed by atoms with Crippen LogP contribution in [0.25, 0.3) is 17.2 Å². The third-order valence-electron chi connectivity index (χ3n) is 6.38. The summed E-state index contributed by atoms with van der Waals surface area (Å²) in [6.45, 7) is 16.3. The highest BCUT2D eigenvalue weighted by Crippen LogP contribution is 2.33. The molecule has 0 aliphatic heterocycles. The molecule has 0 saturated carbocycles. The van der Waals surface area contributed by atoms with E-state index in [9.17, 15) is 0 Å². The number of benzene rings is 3. The van der Waals surface area contributed by atoms with Gasteiger partial charge in [0.05, 0.1) is 11.7 Å². The lowest BCUT2D eigenvalue weighted by atomic mass is 9.91. The summed E-state index contributed by atoms with van der Waals surface area (Å²) in [4.78, 5) is 2.17. The fourth-order valence-corrected chi connectivity index (χ4v) is 4.29. The topological polar surface area (TPSA) is 3.24 Å². The Morgan fingerprint density at radius 1 is 0.917 bits per heavy atom. The first-order valence-corrected chi connectivity index (χ1v) is 12.4. The smallest absolute Gasteiger partial charge is 0.0811 e. The van der Waals surface area contributed by atoms with Crippen LogP contribution in [-0.2, 0) is 0 Å². The lowest BCUT2D eigenvalue weighted by Gasteiger charge is -2.31. The maximum absolute atomic E-state index is 4.21. The van der Waals surface area contributed by atoms with Gasteiger partial charge in [0, 0.05) is 7.05 Å². The van der Waals surface area contributed by atoms with E-state index in [1.54, 1.807) is 0 Å². The van der Waals surface area contributed by atoms with E-state index in [2.05, 4.69) is 142 Å². The number of aryl methyl sites for hydroxylation is 2. The number of hydrogen-bond donors (Lipinski definition) is 0. The largest absolute Gasteiger partial charge is 0.357 e. The van der Waals surface area contributed by atoms with Gasteiger partial charge in [-0.05, 0) is 79.1 Å². The van der Waals surface area contributed by atoms with Gasteiger partial charge in [-0.3, -0.25) is 0 Å². The molecule has 1 nitrogen and oxygen atoms in total. The van der Waals surface area contributed by atoms with E-state index in [1.165, 1.54) is 38.9 Å². The molecule has 0 aliphatic carbocycles. The van der Waals surface area contributed by atoms with E-state index in [4.69, 9.17) is 0 Å². The van der Waals surface area contributed by atoms with E-state index in [-0.39, 0.29) is 6.04 Å². The summed E-state index contributed by atoms with van der Waals surface area (Å²) in [7, 11) is 2.07. The first-order chi connectivity index (χ1) is 17.3. The number of nitrogens with zero attached hydrogens (tertiary/aromatic N) is 1. The fourth-order valence-electron chi connectivity index (χ4n) is 4.29. The summed E-state index contributed by atoms with van der Waals surface area (Å²) < 4.78 is 0. The Kier molecular flexibility index (Phi) is 9.32. The molecule has 0 heterocycles. The molecule has 0 fully saturated rings. The molecule has 1 heteroatoms. The van der Waals surface area contributed by atoms with Crippen LogP contribution in [0.4, 0.5) is 0 Å². The van der Waals surface area contributed by atoms with Crippen LogP contribution in [0.3, 0.4) is 0 Å². The van der Waals surface area contributed by atoms with Gasteiger partial charge in [0.2, 0.25) is 0 Å². The summed E-state index contributed by atoms with van der Waals surface area (Å²) in [5.41, 5.74) is 10.5. The number of rotatable bonds is 9. The maximum Gasteiger partial charge on any atom is 0.0811 e. The molecule has 3 aromatic carbocycles. The van der Waals surface area contributed by atoms with E-state index in [0.29, 0.717) is 0 Å². The monoisotopic (exact) mass is 471 g/mol. The van der Waals surface area contributed by atoms with Crippen LogP contribution in [0.1, 0.15) is 54.1 Å². The molecule has 1 unspecified atom stereocenters. The Balaban J connectivity index is 1.92. The minimum Gasteiger partial charge on any atom is -0.357 e. The van der Waals surface area contributed by atoms with Gasteiger partial charge in [0.25, 0.3) is 0 Å². The normalized spacial score (nSPS) is 11.8. The van der Waals surface area contributed by atoms with Crippen LogP contribution >= 0.6 is 0 Å². The van der Waals surface area contributed by atoms with Gasteiger partial charge in [-0.1, -0.05) is 116 Å². The SMILES string of the molecule is C=C(C)/C=C\CC=Cc1cc(-c2ccc(C(c3ccccc3C)N(C)C(=C)C#CC)cc2)ccc1C. The van der Waals surface area contributed by atoms with Gasteiger partial charge in [-0.25, -0.2) is 0 Å². The van der Waals surface area contributed by atoms with Gasteiger partial charge in [-0.2, -0.15) is 0 Å². The third kappa shape index (κ3) is 6.77. The van der Waals surface area contributed by atoms with E-state index in [0.717, 1.165) is 17.7 Å². The average molecular weight is 472 g/mol. The van der Waals surface area contributed by atoms with Crippen molar-refractivity contribution in [3.8, 4) is 23.0 Å². The molecule has 0 aromatic heterocycles. The van der Waals surface area contributed by atoms with Crippen molar-refractivity contribution in [3.63, 3.8) is 0 Å². The first-order valence-electron chi connectivity index (χ1n) is 12.4. The fraction of sp³-hybridized carbons (Fsp3) is 0.200. The summed E-state index contributed by atoms with van der Waals surface area (Å²) in [5.74, 6) is 6.11. The number of hydrogen-bond acceptors (Lipinski definition) is 1. The third-order valence-corrected chi connectivity index (χ3v) is 6.38. The Labute approximate surface area is 218 Å². The van der Waals surface area contributed by atoms with Crippen LogP contribution in [0, 0.1) is 25.7 Å². The van der Waals surface area contributed by atoms with Crippen molar-refractivity contribution >= 4 is 6.08 Å². The first kappa shape index (κ1) is 26.6. The highest BCUT2D eigenvalue weighted by atomic mass is 15.1. The van der Waals surface area contributed by atoms with Crippen molar-refractivity contribution in [2.75, 3.05) is 7.05 Å². The summed E-state index contributed by atoms with van der Waals surface area (Å²) in [6, 6.07) is 24.1. The van der Waals surface area contributed by atoms with Crippen LogP contribution in [-0.4, -0.2) is 11.9 Å². The van der Waals surface area contributed by atoms with Crippen molar-refractivity contribution in [2.45, 2.75) is 40.2 Å². The quantitative estimate of drug-likeness (QED) is 0.222. The minimum absolute atomic E-state index is 0.0392. The Hall–Kier alpha value is -4.02. The molecule has 1 atom stereocenters. The molecule has 0 spiro atoms. The zero-order chi connectivity index (χ0) is 26.1. The molecule has 3 aromatic rings. The lowest BCUT2D eigenvalue weighted by Crippen LogP contribution is -2.24. The molecule has 0 radical (unpaired) electrons. The second-order valence-electron chi connectivity index (χ2n) is 9.27. The number of allylic oxidation sites excluding steroid dienone is 5. The zero-order valence-corrected chi connectivity index (χ0v) is 22.3. The van der Waals surface area contributed by atoms with Crippen LogP contribution < -0.4 is 0 Å². The predicted octanol–water partition coefficient (Wildman–Crippen LogP) is 9.06. The standard InChI is InChI=1S/C35H37N/c1-8-14-29(6)36(7)35(34-18-13-12-16-28(34)5)31-23-21-30(22-24-31)33-20-19-27(4)32(25-33)17-11-9-10-15-26(2)3/h10-13,15-25,35H,2,6,9H2,1,3-5,7H3/b15-10-,17-11?. The second-order valence-corrected chi connectivity index (χ2v) is 9.27. The highest BCUT2D eigenvalue weighted by molar-refractivity contribution is 5.69. The van der Waals surface area contributed by atoms with Crippen molar-refractivity contribution in [1.82, 2.24) is 4.90 Å². The molecule has 182 valence electrons.